The zero-order valence-corrected chi connectivity index (χ0v) is 19.7. The standard InChI is InChI=1S/C27H29N3O3/c1-6-29-22-14-24-20(12-16(22)3)26(18-10-8-9-11-19(18)27(31)33-28-5)21-13-17(4)23(30-7-2)15-25(21)32-24/h8-15,28-29H,6-7H2,1-5H3/b30-23-. The molecule has 170 valence electrons. The minimum absolute atomic E-state index is 0.439. The van der Waals surface area contributed by atoms with Crippen LogP contribution >= 0.6 is 0 Å². The van der Waals surface area contributed by atoms with Gasteiger partial charge in [0.15, 0.2) is 0 Å². The van der Waals surface area contributed by atoms with Crippen LogP contribution in [-0.2, 0) is 4.84 Å². The average Bonchev–Trinajstić information content (AvgIpc) is 2.80. The highest BCUT2D eigenvalue weighted by Crippen LogP contribution is 2.42. The predicted molar refractivity (Wildman–Crippen MR) is 132 cm³/mol. The molecule has 0 fully saturated rings. The minimum atomic E-state index is -0.439. The molecule has 0 bridgehead atoms. The van der Waals surface area contributed by atoms with Crippen LogP contribution in [-0.4, -0.2) is 26.1 Å². The fraction of sp³-hybridized carbons (Fsp3) is 0.259. The van der Waals surface area contributed by atoms with Crippen LogP contribution in [0.3, 0.4) is 0 Å². The molecule has 0 amide bonds. The highest BCUT2D eigenvalue weighted by atomic mass is 16.7. The molecule has 0 atom stereocenters. The largest absolute Gasteiger partial charge is 0.456 e. The second-order valence-electron chi connectivity index (χ2n) is 7.92. The third kappa shape index (κ3) is 4.22. The Kier molecular flexibility index (Phi) is 6.47. The quantitative estimate of drug-likeness (QED) is 0.305. The number of anilines is 1. The topological polar surface area (TPSA) is 75.9 Å². The first-order valence-corrected chi connectivity index (χ1v) is 11.2. The van der Waals surface area contributed by atoms with Gasteiger partial charge in [-0.2, -0.15) is 5.48 Å². The van der Waals surface area contributed by atoms with E-state index in [1.165, 1.54) is 0 Å². The number of carbonyl (C=O) groups excluding carboxylic acids is 1. The highest BCUT2D eigenvalue weighted by Gasteiger charge is 2.23. The van der Waals surface area contributed by atoms with Crippen molar-refractivity contribution < 1.29 is 14.0 Å². The fourth-order valence-electron chi connectivity index (χ4n) is 4.23. The van der Waals surface area contributed by atoms with E-state index in [-0.39, 0.29) is 0 Å². The van der Waals surface area contributed by atoms with E-state index in [0.717, 1.165) is 62.1 Å². The van der Waals surface area contributed by atoms with E-state index in [4.69, 9.17) is 9.25 Å². The Bertz CT molecular complexity index is 1370. The normalized spacial score (nSPS) is 11.8. The van der Waals surface area contributed by atoms with Crippen LogP contribution in [0.4, 0.5) is 5.69 Å². The summed E-state index contributed by atoms with van der Waals surface area (Å²) in [7, 11) is 1.57. The molecule has 0 spiro atoms. The maximum Gasteiger partial charge on any atom is 0.357 e. The van der Waals surface area contributed by atoms with Crippen molar-refractivity contribution in [1.82, 2.24) is 5.48 Å². The average molecular weight is 444 g/mol. The van der Waals surface area contributed by atoms with E-state index in [0.29, 0.717) is 12.1 Å². The van der Waals surface area contributed by atoms with Gasteiger partial charge in [0.1, 0.15) is 11.3 Å². The highest BCUT2D eigenvalue weighted by molar-refractivity contribution is 6.08. The molecule has 1 aliphatic carbocycles. The molecule has 0 aromatic heterocycles. The van der Waals surface area contributed by atoms with Crippen molar-refractivity contribution in [3.8, 4) is 22.5 Å². The van der Waals surface area contributed by atoms with Crippen LogP contribution in [0, 0.1) is 13.8 Å². The number of hydrogen-bond donors (Lipinski definition) is 2. The van der Waals surface area contributed by atoms with Crippen molar-refractivity contribution in [2.45, 2.75) is 27.7 Å². The monoisotopic (exact) mass is 443 g/mol. The molecule has 0 unspecified atom stereocenters. The molecule has 0 saturated carbocycles. The van der Waals surface area contributed by atoms with Crippen LogP contribution in [0.15, 0.2) is 57.9 Å². The van der Waals surface area contributed by atoms with E-state index < -0.39 is 5.97 Å². The van der Waals surface area contributed by atoms with Gasteiger partial charge in [-0.3, -0.25) is 4.99 Å². The molecule has 6 heteroatoms. The maximum absolute atomic E-state index is 12.8. The summed E-state index contributed by atoms with van der Waals surface area (Å²) in [6, 6.07) is 15.7. The van der Waals surface area contributed by atoms with Crippen molar-refractivity contribution in [1.29, 1.82) is 0 Å². The van der Waals surface area contributed by atoms with Crippen molar-refractivity contribution >= 4 is 22.6 Å². The van der Waals surface area contributed by atoms with Gasteiger partial charge in [0.2, 0.25) is 0 Å². The molecule has 0 saturated heterocycles. The van der Waals surface area contributed by atoms with Gasteiger partial charge in [-0.15, -0.1) is 0 Å². The van der Waals surface area contributed by atoms with Gasteiger partial charge in [0, 0.05) is 54.5 Å². The number of fused-ring (bicyclic) bond motifs is 2. The van der Waals surface area contributed by atoms with E-state index in [1.807, 2.05) is 44.2 Å². The Morgan fingerprint density at radius 3 is 2.55 bits per heavy atom. The third-order valence-electron chi connectivity index (χ3n) is 5.69. The van der Waals surface area contributed by atoms with Crippen LogP contribution in [0.5, 0.6) is 0 Å². The molecule has 4 rings (SSSR count). The van der Waals surface area contributed by atoms with Crippen LogP contribution in [0.1, 0.15) is 35.3 Å². The van der Waals surface area contributed by atoms with Gasteiger partial charge < -0.3 is 14.6 Å². The molecular weight excluding hydrogens is 414 g/mol. The van der Waals surface area contributed by atoms with E-state index in [1.54, 1.807) is 13.1 Å². The lowest BCUT2D eigenvalue weighted by atomic mass is 9.89. The molecule has 2 aromatic rings. The minimum Gasteiger partial charge on any atom is -0.456 e. The van der Waals surface area contributed by atoms with Crippen LogP contribution < -0.4 is 16.2 Å². The summed E-state index contributed by atoms with van der Waals surface area (Å²) in [4.78, 5) is 22.5. The maximum atomic E-state index is 12.8. The van der Waals surface area contributed by atoms with Crippen molar-refractivity contribution in [2.24, 2.45) is 4.99 Å². The zero-order valence-electron chi connectivity index (χ0n) is 19.7. The van der Waals surface area contributed by atoms with E-state index in [2.05, 4.69) is 41.8 Å². The van der Waals surface area contributed by atoms with E-state index >= 15 is 0 Å². The molecule has 2 aliphatic rings. The fourth-order valence-corrected chi connectivity index (χ4v) is 4.23. The first kappa shape index (κ1) is 22.6. The van der Waals surface area contributed by atoms with Gasteiger partial charge >= 0.3 is 5.97 Å². The smallest absolute Gasteiger partial charge is 0.357 e. The molecular formula is C27H29N3O3. The summed E-state index contributed by atoms with van der Waals surface area (Å²) in [5.41, 5.74) is 9.54. The first-order chi connectivity index (χ1) is 16.0. The van der Waals surface area contributed by atoms with Crippen molar-refractivity contribution in [2.75, 3.05) is 25.5 Å². The van der Waals surface area contributed by atoms with Crippen molar-refractivity contribution in [3.63, 3.8) is 0 Å². The summed E-state index contributed by atoms with van der Waals surface area (Å²) in [6.45, 7) is 9.70. The second kappa shape index (κ2) is 9.46. The Morgan fingerprint density at radius 2 is 1.82 bits per heavy atom. The van der Waals surface area contributed by atoms with Crippen molar-refractivity contribution in [3.05, 3.63) is 70.6 Å². The number of rotatable bonds is 6. The summed E-state index contributed by atoms with van der Waals surface area (Å²) >= 11 is 0. The number of aryl methyl sites for hydroxylation is 2. The molecule has 0 radical (unpaired) electrons. The van der Waals surface area contributed by atoms with Gasteiger partial charge in [-0.1, -0.05) is 18.2 Å². The third-order valence-corrected chi connectivity index (χ3v) is 5.69. The Morgan fingerprint density at radius 1 is 1.03 bits per heavy atom. The zero-order chi connectivity index (χ0) is 23.5. The second-order valence-corrected chi connectivity index (χ2v) is 7.92. The lowest BCUT2D eigenvalue weighted by Crippen LogP contribution is -2.16. The van der Waals surface area contributed by atoms with Crippen LogP contribution in [0.2, 0.25) is 0 Å². The molecule has 6 nitrogen and oxygen atoms in total. The summed E-state index contributed by atoms with van der Waals surface area (Å²) in [5.74, 6) is 0.281. The lowest BCUT2D eigenvalue weighted by molar-refractivity contribution is 0.0311. The van der Waals surface area contributed by atoms with Gasteiger partial charge in [-0.25, -0.2) is 4.79 Å². The summed E-state index contributed by atoms with van der Waals surface area (Å²) in [5, 5.41) is 5.24. The SMILES string of the molecule is CC/N=c1/cc2oc3cc(NCC)c(C)cc3c(-c3ccccc3C(=O)ONC)c-2cc1C. The molecule has 1 aliphatic heterocycles. The number of nitrogens with one attached hydrogen (secondary N) is 2. The number of nitrogens with zero attached hydrogens (tertiary/aromatic N) is 1. The molecule has 33 heavy (non-hydrogen) atoms. The summed E-state index contributed by atoms with van der Waals surface area (Å²) in [6.07, 6.45) is 0. The number of carbonyl (C=O) groups is 1. The number of hydroxylamine groups is 1. The Balaban J connectivity index is 2.15. The Hall–Kier alpha value is -3.64. The number of hydrogen-bond acceptors (Lipinski definition) is 6. The van der Waals surface area contributed by atoms with Gasteiger partial charge in [0.25, 0.3) is 0 Å². The predicted octanol–water partition coefficient (Wildman–Crippen LogP) is 5.47. The molecule has 2 N–H and O–H groups in total. The van der Waals surface area contributed by atoms with Crippen LogP contribution in [0.25, 0.3) is 33.4 Å². The number of benzene rings is 3. The summed E-state index contributed by atoms with van der Waals surface area (Å²) < 4.78 is 6.41. The van der Waals surface area contributed by atoms with E-state index in [9.17, 15) is 4.79 Å². The molecule has 2 aromatic carbocycles. The van der Waals surface area contributed by atoms with Gasteiger partial charge in [0.05, 0.1) is 10.9 Å². The Labute approximate surface area is 193 Å². The first-order valence-electron chi connectivity index (χ1n) is 11.2. The lowest BCUT2D eigenvalue weighted by Gasteiger charge is -2.19. The molecule has 1 heterocycles. The van der Waals surface area contributed by atoms with Gasteiger partial charge in [-0.05, 0) is 62.6 Å².